The topological polar surface area (TPSA) is 90.7 Å². The van der Waals surface area contributed by atoms with E-state index in [-0.39, 0.29) is 11.1 Å². The molecule has 0 atom stereocenters. The van der Waals surface area contributed by atoms with Crippen molar-refractivity contribution in [3.8, 4) is 17.2 Å². The number of carboxylic acids is 1. The summed E-state index contributed by atoms with van der Waals surface area (Å²) >= 11 is 0. The Kier molecular flexibility index (Phi) is 3.91. The van der Waals surface area contributed by atoms with Gasteiger partial charge >= 0.3 is 5.97 Å². The Morgan fingerprint density at radius 3 is 2.50 bits per heavy atom. The van der Waals surface area contributed by atoms with Crippen molar-refractivity contribution in [3.63, 3.8) is 0 Å². The fourth-order valence-electron chi connectivity index (χ4n) is 2.42. The van der Waals surface area contributed by atoms with Gasteiger partial charge in [-0.3, -0.25) is 9.36 Å². The second-order valence-electron chi connectivity index (χ2n) is 5.00. The van der Waals surface area contributed by atoms with Crippen molar-refractivity contribution in [2.75, 3.05) is 14.2 Å². The van der Waals surface area contributed by atoms with Crippen LogP contribution in [0.25, 0.3) is 16.6 Å². The lowest BCUT2D eigenvalue weighted by Gasteiger charge is -2.11. The first-order chi connectivity index (χ1) is 11.5. The molecule has 1 N–H and O–H groups in total. The normalized spacial score (nSPS) is 10.6. The van der Waals surface area contributed by atoms with Gasteiger partial charge < -0.3 is 14.6 Å². The van der Waals surface area contributed by atoms with Crippen LogP contribution in [-0.2, 0) is 0 Å². The van der Waals surface area contributed by atoms with Crippen LogP contribution in [0.15, 0.2) is 47.5 Å². The minimum absolute atomic E-state index is 0.0896. The maximum absolute atomic E-state index is 12.8. The number of hydrogen-bond acceptors (Lipinski definition) is 5. The zero-order valence-corrected chi connectivity index (χ0v) is 13.0. The Bertz CT molecular complexity index is 994. The van der Waals surface area contributed by atoms with Gasteiger partial charge in [-0.2, -0.15) is 0 Å². The van der Waals surface area contributed by atoms with E-state index >= 15 is 0 Å². The quantitative estimate of drug-likeness (QED) is 0.789. The van der Waals surface area contributed by atoms with Crippen molar-refractivity contribution in [3.05, 3.63) is 58.6 Å². The fraction of sp³-hybridized carbons (Fsp3) is 0.118. The highest BCUT2D eigenvalue weighted by molar-refractivity contribution is 5.88. The molecule has 0 fully saturated rings. The van der Waals surface area contributed by atoms with Crippen LogP contribution < -0.4 is 15.0 Å². The van der Waals surface area contributed by atoms with Crippen molar-refractivity contribution in [2.45, 2.75) is 0 Å². The van der Waals surface area contributed by atoms with Crippen LogP contribution >= 0.6 is 0 Å². The number of carbonyl (C=O) groups is 1. The van der Waals surface area contributed by atoms with Gasteiger partial charge in [-0.25, -0.2) is 9.78 Å². The van der Waals surface area contributed by atoms with Crippen LogP contribution in [0.5, 0.6) is 11.5 Å². The Labute approximate surface area is 136 Å². The van der Waals surface area contributed by atoms with Gasteiger partial charge in [0.1, 0.15) is 6.33 Å². The Hall–Kier alpha value is -3.35. The number of aromatic carboxylic acids is 1. The molecule has 2 aromatic carbocycles. The molecule has 3 rings (SSSR count). The van der Waals surface area contributed by atoms with E-state index in [1.807, 2.05) is 0 Å². The van der Waals surface area contributed by atoms with Crippen molar-refractivity contribution >= 4 is 16.9 Å². The third-order valence-corrected chi connectivity index (χ3v) is 3.63. The van der Waals surface area contributed by atoms with E-state index < -0.39 is 5.97 Å². The lowest BCUT2D eigenvalue weighted by Crippen LogP contribution is -2.19. The minimum Gasteiger partial charge on any atom is -0.493 e. The van der Waals surface area contributed by atoms with Crippen molar-refractivity contribution in [2.24, 2.45) is 0 Å². The number of fused-ring (bicyclic) bond motifs is 1. The number of hydrogen-bond donors (Lipinski definition) is 1. The van der Waals surface area contributed by atoms with Gasteiger partial charge in [-0.05, 0) is 24.3 Å². The fourth-order valence-corrected chi connectivity index (χ4v) is 2.42. The van der Waals surface area contributed by atoms with Crippen LogP contribution in [0.3, 0.4) is 0 Å². The van der Waals surface area contributed by atoms with Gasteiger partial charge in [0.2, 0.25) is 0 Å². The van der Waals surface area contributed by atoms with Gasteiger partial charge in [0.25, 0.3) is 5.56 Å². The Balaban J connectivity index is 2.24. The number of benzene rings is 2. The second-order valence-corrected chi connectivity index (χ2v) is 5.00. The highest BCUT2D eigenvalue weighted by Crippen LogP contribution is 2.30. The summed E-state index contributed by atoms with van der Waals surface area (Å²) in [5.41, 5.74) is 0.641. The molecular formula is C17H14N2O5. The van der Waals surface area contributed by atoms with Gasteiger partial charge in [0, 0.05) is 6.07 Å². The molecule has 7 heteroatoms. The van der Waals surface area contributed by atoms with Crippen molar-refractivity contribution < 1.29 is 19.4 Å². The van der Waals surface area contributed by atoms with Gasteiger partial charge in [-0.15, -0.1) is 0 Å². The maximum Gasteiger partial charge on any atom is 0.335 e. The van der Waals surface area contributed by atoms with Crippen LogP contribution in [0.1, 0.15) is 10.4 Å². The average Bonchev–Trinajstić information content (AvgIpc) is 2.61. The first kappa shape index (κ1) is 15.5. The molecular weight excluding hydrogens is 312 g/mol. The average molecular weight is 326 g/mol. The smallest absolute Gasteiger partial charge is 0.335 e. The summed E-state index contributed by atoms with van der Waals surface area (Å²) < 4.78 is 11.7. The molecule has 3 aromatic rings. The van der Waals surface area contributed by atoms with Crippen LogP contribution in [0, 0.1) is 0 Å². The number of nitrogens with zero attached hydrogens (tertiary/aromatic N) is 2. The van der Waals surface area contributed by atoms with Crippen LogP contribution in [0.4, 0.5) is 0 Å². The standard InChI is InChI=1S/C17H14N2O5/c1-23-14-7-12-13(8-15(14)24-2)18-9-19(16(12)20)11-5-3-4-10(6-11)17(21)22/h3-9H,1-2H3,(H,21,22). The van der Waals surface area contributed by atoms with E-state index in [0.29, 0.717) is 28.1 Å². The third kappa shape index (κ3) is 2.56. The lowest BCUT2D eigenvalue weighted by molar-refractivity contribution is 0.0697. The molecule has 1 aromatic heterocycles. The zero-order valence-electron chi connectivity index (χ0n) is 13.0. The maximum atomic E-state index is 12.8. The third-order valence-electron chi connectivity index (χ3n) is 3.63. The highest BCUT2D eigenvalue weighted by atomic mass is 16.5. The number of rotatable bonds is 4. The largest absolute Gasteiger partial charge is 0.493 e. The Morgan fingerprint density at radius 1 is 1.12 bits per heavy atom. The Morgan fingerprint density at radius 2 is 1.83 bits per heavy atom. The van der Waals surface area contributed by atoms with E-state index in [9.17, 15) is 9.59 Å². The number of carboxylic acid groups (broad SMARTS) is 1. The van der Waals surface area contributed by atoms with E-state index in [0.717, 1.165) is 0 Å². The minimum atomic E-state index is -1.06. The first-order valence-electron chi connectivity index (χ1n) is 7.02. The predicted octanol–water partition coefficient (Wildman–Crippen LogP) is 2.10. The van der Waals surface area contributed by atoms with Crippen molar-refractivity contribution in [1.82, 2.24) is 9.55 Å². The molecule has 24 heavy (non-hydrogen) atoms. The molecule has 7 nitrogen and oxygen atoms in total. The van der Waals surface area contributed by atoms with Gasteiger partial charge in [0.05, 0.1) is 36.4 Å². The second kappa shape index (κ2) is 6.04. The molecule has 0 amide bonds. The predicted molar refractivity (Wildman–Crippen MR) is 87.4 cm³/mol. The van der Waals surface area contributed by atoms with Crippen molar-refractivity contribution in [1.29, 1.82) is 0 Å². The summed E-state index contributed by atoms with van der Waals surface area (Å²) in [7, 11) is 2.98. The molecule has 0 radical (unpaired) electrons. The molecule has 0 saturated carbocycles. The summed E-state index contributed by atoms with van der Waals surface area (Å²) in [6.07, 6.45) is 1.36. The molecule has 0 unspecified atom stereocenters. The van der Waals surface area contributed by atoms with E-state index in [1.54, 1.807) is 24.3 Å². The van der Waals surface area contributed by atoms with Gasteiger partial charge in [-0.1, -0.05) is 6.07 Å². The molecule has 0 aliphatic rings. The number of aromatic nitrogens is 2. The monoisotopic (exact) mass is 326 g/mol. The van der Waals surface area contributed by atoms with Crippen LogP contribution in [-0.4, -0.2) is 34.8 Å². The number of ether oxygens (including phenoxy) is 2. The van der Waals surface area contributed by atoms with E-state index in [4.69, 9.17) is 14.6 Å². The molecule has 0 aliphatic heterocycles. The summed E-state index contributed by atoms with van der Waals surface area (Å²) in [5.74, 6) is -0.173. The molecule has 0 aliphatic carbocycles. The molecule has 0 spiro atoms. The van der Waals surface area contributed by atoms with Crippen LogP contribution in [0.2, 0.25) is 0 Å². The van der Waals surface area contributed by atoms with Gasteiger partial charge in [0.15, 0.2) is 11.5 Å². The number of methoxy groups -OCH3 is 2. The summed E-state index contributed by atoms with van der Waals surface area (Å²) in [5, 5.41) is 9.43. The first-order valence-corrected chi connectivity index (χ1v) is 7.02. The summed E-state index contributed by atoms with van der Waals surface area (Å²) in [6, 6.07) is 9.26. The molecule has 0 saturated heterocycles. The zero-order chi connectivity index (χ0) is 17.3. The molecule has 0 bridgehead atoms. The van der Waals surface area contributed by atoms with E-state index in [2.05, 4.69) is 4.98 Å². The molecule has 1 heterocycles. The summed E-state index contributed by atoms with van der Waals surface area (Å²) in [6.45, 7) is 0. The summed E-state index contributed by atoms with van der Waals surface area (Å²) in [4.78, 5) is 28.1. The lowest BCUT2D eigenvalue weighted by atomic mass is 10.2. The van der Waals surface area contributed by atoms with E-state index in [1.165, 1.54) is 37.2 Å². The highest BCUT2D eigenvalue weighted by Gasteiger charge is 2.12. The SMILES string of the molecule is COc1cc2ncn(-c3cccc(C(=O)O)c3)c(=O)c2cc1OC. The molecule has 122 valence electrons.